The number of ether oxygens (including phenoxy) is 1. The Hall–Kier alpha value is -2.08. The van der Waals surface area contributed by atoms with Gasteiger partial charge in [0.2, 0.25) is 0 Å². The van der Waals surface area contributed by atoms with E-state index in [0.29, 0.717) is 24.8 Å². The maximum absolute atomic E-state index is 11.8. The second-order valence-electron chi connectivity index (χ2n) is 5.34. The van der Waals surface area contributed by atoms with Crippen LogP contribution in [0.4, 0.5) is 0 Å². The van der Waals surface area contributed by atoms with Gasteiger partial charge in [0, 0.05) is 11.6 Å². The van der Waals surface area contributed by atoms with Gasteiger partial charge in [0.25, 0.3) is 5.91 Å². The highest BCUT2D eigenvalue weighted by Gasteiger charge is 2.07. The first-order valence-electron chi connectivity index (χ1n) is 7.65. The number of halogens is 1. The summed E-state index contributed by atoms with van der Waals surface area (Å²) in [6.45, 7) is 1.68. The minimum absolute atomic E-state index is 0.195. The Kier molecular flexibility index (Phi) is 7.55. The Labute approximate surface area is 147 Å². The maximum Gasteiger partial charge on any atom is 0.257 e. The standard InChI is InChI=1S/C18H21ClN2O3/c1-21(11-12-23-17-9-7-16(19)8-10-17)13-18(22)20-24-14-15-5-3-2-4-6-15/h2-10H,11-14H2,1H3,(H,20,22). The second kappa shape index (κ2) is 9.93. The first-order chi connectivity index (χ1) is 11.6. The number of nitrogens with zero attached hydrogens (tertiary/aromatic N) is 1. The number of hydroxylamine groups is 1. The van der Waals surface area contributed by atoms with Crippen molar-refractivity contribution in [3.05, 3.63) is 65.2 Å². The summed E-state index contributed by atoms with van der Waals surface area (Å²) in [5.74, 6) is 0.559. The lowest BCUT2D eigenvalue weighted by Gasteiger charge is -2.16. The van der Waals surface area contributed by atoms with Gasteiger partial charge in [-0.15, -0.1) is 0 Å². The summed E-state index contributed by atoms with van der Waals surface area (Å²) in [5, 5.41) is 0.673. The minimum Gasteiger partial charge on any atom is -0.492 e. The van der Waals surface area contributed by atoms with Crippen LogP contribution in [0.25, 0.3) is 0 Å². The van der Waals surface area contributed by atoms with Crippen LogP contribution in [0.15, 0.2) is 54.6 Å². The highest BCUT2D eigenvalue weighted by molar-refractivity contribution is 6.30. The highest BCUT2D eigenvalue weighted by atomic mass is 35.5. The number of nitrogens with one attached hydrogen (secondary N) is 1. The zero-order valence-electron chi connectivity index (χ0n) is 13.6. The van der Waals surface area contributed by atoms with Crippen molar-refractivity contribution >= 4 is 17.5 Å². The highest BCUT2D eigenvalue weighted by Crippen LogP contribution is 2.15. The maximum atomic E-state index is 11.8. The second-order valence-corrected chi connectivity index (χ2v) is 5.78. The Morgan fingerprint density at radius 3 is 2.54 bits per heavy atom. The van der Waals surface area contributed by atoms with E-state index in [2.05, 4.69) is 5.48 Å². The van der Waals surface area contributed by atoms with E-state index in [0.717, 1.165) is 11.3 Å². The number of likely N-dealkylation sites (N-methyl/N-ethyl adjacent to an activating group) is 1. The van der Waals surface area contributed by atoms with E-state index in [-0.39, 0.29) is 12.5 Å². The van der Waals surface area contributed by atoms with Crippen molar-refractivity contribution < 1.29 is 14.4 Å². The van der Waals surface area contributed by atoms with Crippen LogP contribution < -0.4 is 10.2 Å². The van der Waals surface area contributed by atoms with Crippen LogP contribution in [0, 0.1) is 0 Å². The van der Waals surface area contributed by atoms with E-state index in [1.165, 1.54) is 0 Å². The van der Waals surface area contributed by atoms with Gasteiger partial charge in [-0.3, -0.25) is 14.5 Å². The fraction of sp³-hybridized carbons (Fsp3) is 0.278. The molecule has 0 bridgehead atoms. The van der Waals surface area contributed by atoms with E-state index in [9.17, 15) is 4.79 Å². The first-order valence-corrected chi connectivity index (χ1v) is 8.03. The molecule has 24 heavy (non-hydrogen) atoms. The molecule has 0 unspecified atom stereocenters. The molecule has 1 amide bonds. The average molecular weight is 349 g/mol. The molecule has 0 heterocycles. The molecule has 6 heteroatoms. The molecular weight excluding hydrogens is 328 g/mol. The Balaban J connectivity index is 1.58. The number of benzene rings is 2. The summed E-state index contributed by atoms with van der Waals surface area (Å²) in [4.78, 5) is 18.8. The Morgan fingerprint density at radius 2 is 1.83 bits per heavy atom. The van der Waals surface area contributed by atoms with Gasteiger partial charge >= 0.3 is 0 Å². The summed E-state index contributed by atoms with van der Waals surface area (Å²) in [5.41, 5.74) is 3.44. The summed E-state index contributed by atoms with van der Waals surface area (Å²) >= 11 is 5.81. The lowest BCUT2D eigenvalue weighted by atomic mass is 10.2. The molecule has 0 aliphatic rings. The molecule has 0 fully saturated rings. The van der Waals surface area contributed by atoms with E-state index >= 15 is 0 Å². The van der Waals surface area contributed by atoms with E-state index in [4.69, 9.17) is 21.2 Å². The van der Waals surface area contributed by atoms with Crippen molar-refractivity contribution in [1.29, 1.82) is 0 Å². The quantitative estimate of drug-likeness (QED) is 0.708. The van der Waals surface area contributed by atoms with Gasteiger partial charge in [0.15, 0.2) is 0 Å². The lowest BCUT2D eigenvalue weighted by molar-refractivity contribution is -0.135. The zero-order chi connectivity index (χ0) is 17.2. The normalized spacial score (nSPS) is 10.6. The molecule has 0 aromatic heterocycles. The summed E-state index contributed by atoms with van der Waals surface area (Å²) in [7, 11) is 1.85. The van der Waals surface area contributed by atoms with Crippen molar-refractivity contribution in [2.45, 2.75) is 6.61 Å². The molecule has 0 aliphatic heterocycles. The molecule has 128 valence electrons. The van der Waals surface area contributed by atoms with Crippen LogP contribution in [0.3, 0.4) is 0 Å². The third-order valence-corrected chi connectivity index (χ3v) is 3.49. The smallest absolute Gasteiger partial charge is 0.257 e. The number of carbonyl (C=O) groups is 1. The van der Waals surface area contributed by atoms with Gasteiger partial charge in [-0.05, 0) is 36.9 Å². The minimum atomic E-state index is -0.195. The van der Waals surface area contributed by atoms with E-state index in [1.54, 1.807) is 12.1 Å². The number of hydrogen-bond acceptors (Lipinski definition) is 4. The third kappa shape index (κ3) is 7.00. The number of rotatable bonds is 9. The van der Waals surface area contributed by atoms with Crippen LogP contribution in [0.2, 0.25) is 5.02 Å². The fourth-order valence-electron chi connectivity index (χ4n) is 1.98. The largest absolute Gasteiger partial charge is 0.492 e. The van der Waals surface area contributed by atoms with Crippen LogP contribution >= 0.6 is 11.6 Å². The molecular formula is C18H21ClN2O3. The molecule has 5 nitrogen and oxygen atoms in total. The fourth-order valence-corrected chi connectivity index (χ4v) is 2.11. The molecule has 0 saturated heterocycles. The topological polar surface area (TPSA) is 50.8 Å². The molecule has 1 N–H and O–H groups in total. The molecule has 2 aromatic carbocycles. The van der Waals surface area contributed by atoms with Gasteiger partial charge in [0.05, 0.1) is 13.2 Å². The van der Waals surface area contributed by atoms with Crippen LogP contribution in [0.5, 0.6) is 5.75 Å². The molecule has 2 rings (SSSR count). The van der Waals surface area contributed by atoms with Crippen LogP contribution in [0.1, 0.15) is 5.56 Å². The van der Waals surface area contributed by atoms with Crippen molar-refractivity contribution in [1.82, 2.24) is 10.4 Å². The molecule has 0 aliphatic carbocycles. The van der Waals surface area contributed by atoms with Gasteiger partial charge in [0.1, 0.15) is 12.4 Å². The molecule has 0 saturated carbocycles. The Morgan fingerprint density at radius 1 is 1.12 bits per heavy atom. The van der Waals surface area contributed by atoms with E-state index < -0.39 is 0 Å². The van der Waals surface area contributed by atoms with Crippen LogP contribution in [-0.4, -0.2) is 37.6 Å². The van der Waals surface area contributed by atoms with Gasteiger partial charge < -0.3 is 4.74 Å². The van der Waals surface area contributed by atoms with E-state index in [1.807, 2.05) is 54.4 Å². The predicted octanol–water partition coefficient (Wildman–Crippen LogP) is 2.90. The van der Waals surface area contributed by atoms with Gasteiger partial charge in [-0.25, -0.2) is 5.48 Å². The number of hydrogen-bond donors (Lipinski definition) is 1. The lowest BCUT2D eigenvalue weighted by Crippen LogP contribution is -2.36. The van der Waals surface area contributed by atoms with Crippen molar-refractivity contribution in [3.8, 4) is 5.75 Å². The summed E-state index contributed by atoms with van der Waals surface area (Å²) < 4.78 is 5.59. The number of amides is 1. The molecule has 0 radical (unpaired) electrons. The average Bonchev–Trinajstić information content (AvgIpc) is 2.57. The number of carbonyl (C=O) groups excluding carboxylic acids is 1. The first kappa shape index (κ1) is 18.3. The molecule has 2 aromatic rings. The van der Waals surface area contributed by atoms with Crippen molar-refractivity contribution in [2.75, 3.05) is 26.7 Å². The van der Waals surface area contributed by atoms with Gasteiger partial charge in [-0.2, -0.15) is 0 Å². The predicted molar refractivity (Wildman–Crippen MR) is 93.8 cm³/mol. The summed E-state index contributed by atoms with van der Waals surface area (Å²) in [6, 6.07) is 16.8. The third-order valence-electron chi connectivity index (χ3n) is 3.24. The van der Waals surface area contributed by atoms with Crippen molar-refractivity contribution in [2.24, 2.45) is 0 Å². The van der Waals surface area contributed by atoms with Crippen LogP contribution in [-0.2, 0) is 16.2 Å². The Bertz CT molecular complexity index is 620. The van der Waals surface area contributed by atoms with Crippen molar-refractivity contribution in [3.63, 3.8) is 0 Å². The summed E-state index contributed by atoms with van der Waals surface area (Å²) in [6.07, 6.45) is 0. The monoisotopic (exact) mass is 348 g/mol. The molecule has 0 atom stereocenters. The SMILES string of the molecule is CN(CCOc1ccc(Cl)cc1)CC(=O)NOCc1ccccc1. The zero-order valence-corrected chi connectivity index (χ0v) is 14.3. The van der Waals surface area contributed by atoms with Gasteiger partial charge in [-0.1, -0.05) is 41.9 Å². The molecule has 0 spiro atoms.